The number of anilines is 1. The van der Waals surface area contributed by atoms with Crippen LogP contribution in [-0.2, 0) is 24.7 Å². The number of hydrogen-bond donors (Lipinski definition) is 1. The van der Waals surface area contributed by atoms with E-state index in [1.165, 1.54) is 5.56 Å². The zero-order valence-electron chi connectivity index (χ0n) is 14.1. The Bertz CT molecular complexity index is 839. The van der Waals surface area contributed by atoms with E-state index in [-0.39, 0.29) is 5.91 Å². The summed E-state index contributed by atoms with van der Waals surface area (Å²) < 4.78 is 2.09. The van der Waals surface area contributed by atoms with Gasteiger partial charge in [-0.25, -0.2) is 4.98 Å². The SMILES string of the molecule is CCc1nc2cc(NC(=O)CCCc3ccncc3)ccc2n1C. The predicted octanol–water partition coefficient (Wildman–Crippen LogP) is 3.49. The average Bonchev–Trinajstić information content (AvgIpc) is 2.91. The molecule has 2 heterocycles. The minimum absolute atomic E-state index is 0.0371. The minimum Gasteiger partial charge on any atom is -0.331 e. The van der Waals surface area contributed by atoms with Crippen molar-refractivity contribution in [3.63, 3.8) is 0 Å². The molecule has 24 heavy (non-hydrogen) atoms. The number of carbonyl (C=O) groups excluding carboxylic acids is 1. The molecule has 0 fully saturated rings. The van der Waals surface area contributed by atoms with Crippen LogP contribution in [0.3, 0.4) is 0 Å². The monoisotopic (exact) mass is 322 g/mol. The summed E-state index contributed by atoms with van der Waals surface area (Å²) in [6.45, 7) is 2.09. The van der Waals surface area contributed by atoms with E-state index in [4.69, 9.17) is 0 Å². The Morgan fingerprint density at radius 1 is 1.21 bits per heavy atom. The number of imidazole rings is 1. The van der Waals surface area contributed by atoms with Crippen molar-refractivity contribution < 1.29 is 4.79 Å². The Morgan fingerprint density at radius 3 is 2.75 bits per heavy atom. The minimum atomic E-state index is 0.0371. The van der Waals surface area contributed by atoms with Crippen LogP contribution < -0.4 is 5.32 Å². The lowest BCUT2D eigenvalue weighted by atomic mass is 10.1. The molecule has 0 saturated carbocycles. The Kier molecular flexibility index (Phi) is 4.89. The molecule has 1 aromatic carbocycles. The molecule has 0 aliphatic rings. The molecule has 1 amide bonds. The fourth-order valence-electron chi connectivity index (χ4n) is 2.87. The van der Waals surface area contributed by atoms with Crippen LogP contribution in [-0.4, -0.2) is 20.4 Å². The van der Waals surface area contributed by atoms with Gasteiger partial charge in [0.25, 0.3) is 0 Å². The summed E-state index contributed by atoms with van der Waals surface area (Å²) in [7, 11) is 2.02. The molecule has 0 aliphatic carbocycles. The number of nitrogens with one attached hydrogen (secondary N) is 1. The van der Waals surface area contributed by atoms with E-state index in [2.05, 4.69) is 26.8 Å². The molecule has 1 N–H and O–H groups in total. The molecule has 0 spiro atoms. The van der Waals surface area contributed by atoms with Crippen molar-refractivity contribution in [3.05, 3.63) is 54.1 Å². The third kappa shape index (κ3) is 3.62. The number of fused-ring (bicyclic) bond motifs is 1. The van der Waals surface area contributed by atoms with E-state index in [0.29, 0.717) is 6.42 Å². The number of rotatable bonds is 6. The van der Waals surface area contributed by atoms with Crippen LogP contribution in [0.15, 0.2) is 42.7 Å². The van der Waals surface area contributed by atoms with Crippen LogP contribution >= 0.6 is 0 Å². The van der Waals surface area contributed by atoms with Crippen molar-refractivity contribution >= 4 is 22.6 Å². The molecule has 3 rings (SSSR count). The smallest absolute Gasteiger partial charge is 0.224 e. The second kappa shape index (κ2) is 7.25. The van der Waals surface area contributed by atoms with Gasteiger partial charge in [0.1, 0.15) is 5.82 Å². The molecule has 0 aliphatic heterocycles. The maximum absolute atomic E-state index is 12.1. The van der Waals surface area contributed by atoms with Crippen LogP contribution in [0, 0.1) is 0 Å². The van der Waals surface area contributed by atoms with E-state index in [1.54, 1.807) is 12.4 Å². The highest BCUT2D eigenvalue weighted by atomic mass is 16.1. The van der Waals surface area contributed by atoms with Crippen LogP contribution in [0.4, 0.5) is 5.69 Å². The van der Waals surface area contributed by atoms with Crippen LogP contribution in [0.2, 0.25) is 0 Å². The maximum atomic E-state index is 12.1. The van der Waals surface area contributed by atoms with Gasteiger partial charge in [-0.2, -0.15) is 0 Å². The van der Waals surface area contributed by atoms with Gasteiger partial charge in [-0.3, -0.25) is 9.78 Å². The molecule has 124 valence electrons. The van der Waals surface area contributed by atoms with Crippen molar-refractivity contribution in [2.45, 2.75) is 32.6 Å². The van der Waals surface area contributed by atoms with E-state index < -0.39 is 0 Å². The second-order valence-corrected chi connectivity index (χ2v) is 5.90. The van der Waals surface area contributed by atoms with Crippen LogP contribution in [0.5, 0.6) is 0 Å². The number of aryl methyl sites for hydroxylation is 3. The Balaban J connectivity index is 1.59. The lowest BCUT2D eigenvalue weighted by molar-refractivity contribution is -0.116. The molecule has 0 saturated heterocycles. The Morgan fingerprint density at radius 2 is 2.00 bits per heavy atom. The largest absolute Gasteiger partial charge is 0.331 e. The van der Waals surface area contributed by atoms with Crippen molar-refractivity contribution in [1.82, 2.24) is 14.5 Å². The van der Waals surface area contributed by atoms with Crippen LogP contribution in [0.1, 0.15) is 31.2 Å². The molecular formula is C19H22N4O. The summed E-state index contributed by atoms with van der Waals surface area (Å²) in [6, 6.07) is 9.85. The number of carbonyl (C=O) groups is 1. The molecule has 0 atom stereocenters. The summed E-state index contributed by atoms with van der Waals surface area (Å²) in [6.07, 6.45) is 6.66. The second-order valence-electron chi connectivity index (χ2n) is 5.90. The van der Waals surface area contributed by atoms with Crippen molar-refractivity contribution in [2.24, 2.45) is 7.05 Å². The standard InChI is InChI=1S/C19H22N4O/c1-3-18-22-16-13-15(7-8-17(16)23(18)2)21-19(24)6-4-5-14-9-11-20-12-10-14/h7-13H,3-6H2,1-2H3,(H,21,24). The van der Waals surface area contributed by atoms with Gasteiger partial charge in [0.15, 0.2) is 0 Å². The molecule has 0 bridgehead atoms. The first-order valence-corrected chi connectivity index (χ1v) is 8.31. The zero-order chi connectivity index (χ0) is 16.9. The number of aromatic nitrogens is 3. The van der Waals surface area contributed by atoms with E-state index in [0.717, 1.165) is 41.8 Å². The Labute approximate surface area is 141 Å². The first kappa shape index (κ1) is 16.2. The molecule has 0 unspecified atom stereocenters. The number of amides is 1. The topological polar surface area (TPSA) is 59.8 Å². The number of benzene rings is 1. The van der Waals surface area contributed by atoms with E-state index in [9.17, 15) is 4.79 Å². The third-order valence-corrected chi connectivity index (χ3v) is 4.19. The highest BCUT2D eigenvalue weighted by Gasteiger charge is 2.08. The number of pyridine rings is 1. The highest BCUT2D eigenvalue weighted by molar-refractivity contribution is 5.93. The molecule has 3 aromatic rings. The summed E-state index contributed by atoms with van der Waals surface area (Å²) in [4.78, 5) is 20.7. The summed E-state index contributed by atoms with van der Waals surface area (Å²) >= 11 is 0. The quantitative estimate of drug-likeness (QED) is 0.755. The van der Waals surface area contributed by atoms with Gasteiger partial charge in [-0.1, -0.05) is 6.92 Å². The molecule has 5 nitrogen and oxygen atoms in total. The molecular weight excluding hydrogens is 300 g/mol. The van der Waals surface area contributed by atoms with E-state index >= 15 is 0 Å². The summed E-state index contributed by atoms with van der Waals surface area (Å²) in [5.74, 6) is 1.08. The molecule has 5 heteroatoms. The van der Waals surface area contributed by atoms with Crippen molar-refractivity contribution in [3.8, 4) is 0 Å². The lowest BCUT2D eigenvalue weighted by Crippen LogP contribution is -2.11. The van der Waals surface area contributed by atoms with Gasteiger partial charge in [0.05, 0.1) is 11.0 Å². The summed E-state index contributed by atoms with van der Waals surface area (Å²) in [5.41, 5.74) is 4.02. The van der Waals surface area contributed by atoms with Gasteiger partial charge in [-0.15, -0.1) is 0 Å². The predicted molar refractivity (Wildman–Crippen MR) is 95.9 cm³/mol. The highest BCUT2D eigenvalue weighted by Crippen LogP contribution is 2.20. The van der Waals surface area contributed by atoms with E-state index in [1.807, 2.05) is 37.4 Å². The van der Waals surface area contributed by atoms with Crippen molar-refractivity contribution in [1.29, 1.82) is 0 Å². The average molecular weight is 322 g/mol. The lowest BCUT2D eigenvalue weighted by Gasteiger charge is -2.06. The summed E-state index contributed by atoms with van der Waals surface area (Å²) in [5, 5.41) is 2.97. The fourth-order valence-corrected chi connectivity index (χ4v) is 2.87. The number of nitrogens with zero attached hydrogens (tertiary/aromatic N) is 3. The van der Waals surface area contributed by atoms with Gasteiger partial charge < -0.3 is 9.88 Å². The first-order valence-electron chi connectivity index (χ1n) is 8.31. The van der Waals surface area contributed by atoms with Crippen molar-refractivity contribution in [2.75, 3.05) is 5.32 Å². The maximum Gasteiger partial charge on any atom is 0.224 e. The number of hydrogen-bond acceptors (Lipinski definition) is 3. The molecule has 2 aromatic heterocycles. The fraction of sp³-hybridized carbons (Fsp3) is 0.316. The van der Waals surface area contributed by atoms with Crippen LogP contribution in [0.25, 0.3) is 11.0 Å². The van der Waals surface area contributed by atoms with Gasteiger partial charge in [0.2, 0.25) is 5.91 Å². The third-order valence-electron chi connectivity index (χ3n) is 4.19. The normalized spacial score (nSPS) is 10.9. The van der Waals surface area contributed by atoms with Gasteiger partial charge >= 0.3 is 0 Å². The van der Waals surface area contributed by atoms with Gasteiger partial charge in [0, 0.05) is 38.0 Å². The zero-order valence-corrected chi connectivity index (χ0v) is 14.1. The Hall–Kier alpha value is -2.69. The first-order chi connectivity index (χ1) is 11.7. The van der Waals surface area contributed by atoms with Gasteiger partial charge in [-0.05, 0) is 48.7 Å². The molecule has 0 radical (unpaired) electrons.